The van der Waals surface area contributed by atoms with E-state index in [9.17, 15) is 9.90 Å². The van der Waals surface area contributed by atoms with E-state index in [0.717, 1.165) is 11.1 Å². The van der Waals surface area contributed by atoms with Crippen LogP contribution in [-0.4, -0.2) is 23.2 Å². The van der Waals surface area contributed by atoms with E-state index in [1.807, 2.05) is 26.0 Å². The molecular formula is C19H31NO2. The van der Waals surface area contributed by atoms with Crippen LogP contribution in [0.4, 0.5) is 0 Å². The van der Waals surface area contributed by atoms with Crippen LogP contribution in [0.15, 0.2) is 18.2 Å². The smallest absolute Gasteiger partial charge is 0.251 e. The van der Waals surface area contributed by atoms with Gasteiger partial charge in [-0.15, -0.1) is 0 Å². The van der Waals surface area contributed by atoms with Gasteiger partial charge in [-0.3, -0.25) is 4.79 Å². The molecule has 0 unspecified atom stereocenters. The molecule has 0 aliphatic rings. The normalized spacial score (nSPS) is 13.1. The Morgan fingerprint density at radius 1 is 0.909 bits per heavy atom. The number of carbonyl (C=O) groups is 1. The first kappa shape index (κ1) is 18.7. The van der Waals surface area contributed by atoms with Crippen LogP contribution >= 0.6 is 0 Å². The molecule has 0 aliphatic heterocycles. The molecule has 0 aliphatic carbocycles. The molecule has 0 bridgehead atoms. The van der Waals surface area contributed by atoms with Crippen LogP contribution < -0.4 is 5.32 Å². The Hall–Kier alpha value is -1.35. The van der Waals surface area contributed by atoms with Crippen LogP contribution in [0.5, 0.6) is 0 Å². The molecule has 0 radical (unpaired) electrons. The van der Waals surface area contributed by atoms with Gasteiger partial charge in [0.15, 0.2) is 0 Å². The maximum atomic E-state index is 12.6. The van der Waals surface area contributed by atoms with Crippen molar-refractivity contribution in [3.63, 3.8) is 0 Å². The van der Waals surface area contributed by atoms with E-state index < -0.39 is 5.54 Å². The molecule has 0 aromatic heterocycles. The predicted molar refractivity (Wildman–Crippen MR) is 92.5 cm³/mol. The molecule has 0 saturated carbocycles. The van der Waals surface area contributed by atoms with Crippen molar-refractivity contribution in [2.75, 3.05) is 6.61 Å². The lowest BCUT2D eigenvalue weighted by atomic mass is 9.79. The Morgan fingerprint density at radius 2 is 1.32 bits per heavy atom. The number of hydrogen-bond donors (Lipinski definition) is 2. The second-order valence-corrected chi connectivity index (χ2v) is 8.80. The van der Waals surface area contributed by atoms with E-state index in [0.29, 0.717) is 5.56 Å². The summed E-state index contributed by atoms with van der Waals surface area (Å²) in [5, 5.41) is 12.2. The molecule has 0 atom stereocenters. The maximum Gasteiger partial charge on any atom is 0.251 e. The highest BCUT2D eigenvalue weighted by molar-refractivity contribution is 5.95. The topological polar surface area (TPSA) is 49.3 Å². The third-order valence-corrected chi connectivity index (χ3v) is 3.77. The van der Waals surface area contributed by atoms with Gasteiger partial charge in [0.2, 0.25) is 0 Å². The van der Waals surface area contributed by atoms with Crippen LogP contribution in [0.3, 0.4) is 0 Å². The highest BCUT2D eigenvalue weighted by Crippen LogP contribution is 2.30. The van der Waals surface area contributed by atoms with Gasteiger partial charge in [-0.2, -0.15) is 0 Å². The zero-order valence-corrected chi connectivity index (χ0v) is 15.3. The quantitative estimate of drug-likeness (QED) is 0.893. The summed E-state index contributed by atoms with van der Waals surface area (Å²) in [5.74, 6) is -0.143. The minimum Gasteiger partial charge on any atom is -0.394 e. The van der Waals surface area contributed by atoms with Gasteiger partial charge in [-0.25, -0.2) is 0 Å². The van der Waals surface area contributed by atoms with Gasteiger partial charge in [0.25, 0.3) is 5.91 Å². The van der Waals surface area contributed by atoms with Crippen LogP contribution in [0.25, 0.3) is 0 Å². The summed E-state index contributed by atoms with van der Waals surface area (Å²) in [5.41, 5.74) is 2.26. The fraction of sp³-hybridized carbons (Fsp3) is 0.632. The van der Waals surface area contributed by atoms with Gasteiger partial charge < -0.3 is 10.4 Å². The summed E-state index contributed by atoms with van der Waals surface area (Å²) in [6.45, 7) is 16.4. The first-order chi connectivity index (χ1) is 9.76. The van der Waals surface area contributed by atoms with Gasteiger partial charge in [0.1, 0.15) is 0 Å². The summed E-state index contributed by atoms with van der Waals surface area (Å²) in [6.07, 6.45) is 0. The van der Waals surface area contributed by atoms with E-state index in [4.69, 9.17) is 0 Å². The van der Waals surface area contributed by atoms with Crippen molar-refractivity contribution in [1.82, 2.24) is 5.32 Å². The molecule has 0 fully saturated rings. The lowest BCUT2D eigenvalue weighted by Crippen LogP contribution is -2.46. The number of rotatable bonds is 3. The molecule has 1 aromatic rings. The molecule has 0 saturated heterocycles. The number of aliphatic hydroxyl groups excluding tert-OH is 1. The summed E-state index contributed by atoms with van der Waals surface area (Å²) < 4.78 is 0. The van der Waals surface area contributed by atoms with Crippen molar-refractivity contribution < 1.29 is 9.90 Å². The highest BCUT2D eigenvalue weighted by Gasteiger charge is 2.24. The molecule has 2 N–H and O–H groups in total. The highest BCUT2D eigenvalue weighted by atomic mass is 16.3. The Morgan fingerprint density at radius 3 is 1.64 bits per heavy atom. The first-order valence-electron chi connectivity index (χ1n) is 7.86. The maximum absolute atomic E-state index is 12.6. The molecule has 1 aromatic carbocycles. The fourth-order valence-electron chi connectivity index (χ4n) is 2.04. The lowest BCUT2D eigenvalue weighted by Gasteiger charge is -2.27. The van der Waals surface area contributed by atoms with E-state index in [1.54, 1.807) is 0 Å². The van der Waals surface area contributed by atoms with Gasteiger partial charge in [0.05, 0.1) is 12.1 Å². The van der Waals surface area contributed by atoms with Crippen molar-refractivity contribution in [2.45, 2.75) is 71.8 Å². The molecule has 3 heteroatoms. The van der Waals surface area contributed by atoms with Gasteiger partial charge in [0, 0.05) is 5.56 Å². The van der Waals surface area contributed by atoms with E-state index >= 15 is 0 Å². The molecule has 3 nitrogen and oxygen atoms in total. The summed E-state index contributed by atoms with van der Waals surface area (Å²) in [7, 11) is 0. The Bertz CT molecular complexity index is 513. The summed E-state index contributed by atoms with van der Waals surface area (Å²) >= 11 is 0. The molecule has 124 valence electrons. The van der Waals surface area contributed by atoms with E-state index in [1.165, 1.54) is 0 Å². The number of aliphatic hydroxyl groups is 1. The third-order valence-electron chi connectivity index (χ3n) is 3.77. The molecule has 1 amide bonds. The lowest BCUT2D eigenvalue weighted by molar-refractivity contribution is 0.0869. The Labute approximate surface area is 135 Å². The van der Waals surface area contributed by atoms with Crippen LogP contribution in [0.1, 0.15) is 76.9 Å². The molecule has 1 rings (SSSR count). The minimum atomic E-state index is -0.628. The first-order valence-corrected chi connectivity index (χ1v) is 7.86. The SMILES string of the molecule is CC(C)(CO)NC(=O)c1cc(C(C)(C)C)cc(C(C)(C)C)c1. The minimum absolute atomic E-state index is 0.0250. The van der Waals surface area contributed by atoms with Crippen molar-refractivity contribution >= 4 is 5.91 Å². The van der Waals surface area contributed by atoms with Crippen molar-refractivity contribution in [1.29, 1.82) is 0 Å². The molecular weight excluding hydrogens is 274 g/mol. The van der Waals surface area contributed by atoms with Gasteiger partial charge in [-0.1, -0.05) is 47.6 Å². The van der Waals surface area contributed by atoms with Gasteiger partial charge in [-0.05, 0) is 47.9 Å². The Balaban J connectivity index is 3.33. The summed E-state index contributed by atoms with van der Waals surface area (Å²) in [4.78, 5) is 12.6. The number of amides is 1. The second-order valence-electron chi connectivity index (χ2n) is 8.80. The zero-order chi connectivity index (χ0) is 17.3. The van der Waals surface area contributed by atoms with Crippen molar-refractivity contribution in [2.24, 2.45) is 0 Å². The molecule has 0 spiro atoms. The molecule has 0 heterocycles. The standard InChI is InChI=1S/C19H31NO2/c1-17(2,3)14-9-13(10-15(11-14)18(4,5)6)16(22)20-19(7,8)12-21/h9-11,21H,12H2,1-8H3,(H,20,22). The number of benzene rings is 1. The van der Waals surface area contributed by atoms with E-state index in [2.05, 4.69) is 52.9 Å². The third kappa shape index (κ3) is 4.84. The van der Waals surface area contributed by atoms with Crippen LogP contribution in [-0.2, 0) is 10.8 Å². The monoisotopic (exact) mass is 305 g/mol. The van der Waals surface area contributed by atoms with Gasteiger partial charge >= 0.3 is 0 Å². The number of nitrogens with one attached hydrogen (secondary N) is 1. The van der Waals surface area contributed by atoms with E-state index in [-0.39, 0.29) is 23.3 Å². The van der Waals surface area contributed by atoms with Crippen LogP contribution in [0.2, 0.25) is 0 Å². The fourth-order valence-corrected chi connectivity index (χ4v) is 2.04. The second kappa shape index (κ2) is 6.04. The van der Waals surface area contributed by atoms with Crippen molar-refractivity contribution in [3.8, 4) is 0 Å². The van der Waals surface area contributed by atoms with Crippen molar-refractivity contribution in [3.05, 3.63) is 34.9 Å². The van der Waals surface area contributed by atoms with Crippen LogP contribution in [0, 0.1) is 0 Å². The average molecular weight is 305 g/mol. The molecule has 22 heavy (non-hydrogen) atoms. The Kier molecular flexibility index (Phi) is 5.13. The predicted octanol–water partition coefficient (Wildman–Crippen LogP) is 3.78. The zero-order valence-electron chi connectivity index (χ0n) is 15.3. The summed E-state index contributed by atoms with van der Waals surface area (Å²) in [6, 6.07) is 6.10. The number of carbonyl (C=O) groups excluding carboxylic acids is 1. The largest absolute Gasteiger partial charge is 0.394 e. The number of hydrogen-bond acceptors (Lipinski definition) is 2. The average Bonchev–Trinajstić information content (AvgIpc) is 2.35.